The van der Waals surface area contributed by atoms with E-state index in [0.717, 1.165) is 0 Å². The van der Waals surface area contributed by atoms with E-state index in [-0.39, 0.29) is 11.7 Å². The number of benzene rings is 1. The van der Waals surface area contributed by atoms with Gasteiger partial charge in [-0.15, -0.1) is 0 Å². The van der Waals surface area contributed by atoms with Gasteiger partial charge >= 0.3 is 0 Å². The molecule has 2 N–H and O–H groups in total. The number of aromatic hydroxyl groups is 1. The number of fused-ring (bicyclic) bond motifs is 1. The monoisotopic (exact) mass is 190 g/mol. The fraction of sp³-hybridized carbons (Fsp3) is 0.0909. The van der Waals surface area contributed by atoms with Crippen molar-refractivity contribution in [3.8, 4) is 11.5 Å². The molecular weight excluding hydrogens is 180 g/mol. The Hall–Kier alpha value is -1.90. The van der Waals surface area contributed by atoms with Crippen molar-refractivity contribution in [2.24, 2.45) is 0 Å². The highest BCUT2D eigenvalue weighted by Crippen LogP contribution is 2.30. The summed E-state index contributed by atoms with van der Waals surface area (Å²) in [7, 11) is 0. The first kappa shape index (κ1) is 8.69. The number of aliphatic hydroxyl groups is 1. The van der Waals surface area contributed by atoms with Crippen molar-refractivity contribution >= 4 is 0 Å². The Labute approximate surface area is 81.6 Å². The van der Waals surface area contributed by atoms with E-state index in [2.05, 4.69) is 0 Å². The lowest BCUT2D eigenvalue weighted by molar-refractivity contribution is 0.207. The number of rotatable bonds is 0. The van der Waals surface area contributed by atoms with Crippen molar-refractivity contribution in [1.29, 1.82) is 0 Å². The Morgan fingerprint density at radius 1 is 1.21 bits per heavy atom. The molecule has 0 radical (unpaired) electrons. The van der Waals surface area contributed by atoms with Gasteiger partial charge in [-0.3, -0.25) is 0 Å². The number of ether oxygens (including phenoxy) is 1. The average molecular weight is 190 g/mol. The predicted octanol–water partition coefficient (Wildman–Crippen LogP) is 2.28. The maximum Gasteiger partial charge on any atom is 0.282 e. The molecule has 1 heterocycles. The molecule has 0 amide bonds. The van der Waals surface area contributed by atoms with Crippen LogP contribution >= 0.6 is 0 Å². The molecule has 72 valence electrons. The molecule has 0 fully saturated rings. The molecule has 3 heteroatoms. The van der Waals surface area contributed by atoms with Crippen LogP contribution in [0.4, 0.5) is 0 Å². The van der Waals surface area contributed by atoms with Gasteiger partial charge in [0.1, 0.15) is 11.5 Å². The van der Waals surface area contributed by atoms with E-state index >= 15 is 0 Å². The second-order valence-corrected chi connectivity index (χ2v) is 2.99. The van der Waals surface area contributed by atoms with Crippen molar-refractivity contribution in [3.63, 3.8) is 0 Å². The lowest BCUT2D eigenvalue weighted by Crippen LogP contribution is -1.99. The summed E-state index contributed by atoms with van der Waals surface area (Å²) in [6.07, 6.45) is 5.58. The van der Waals surface area contributed by atoms with Crippen LogP contribution in [0.5, 0.6) is 11.5 Å². The number of phenolic OH excluding ortho intramolecular Hbond substituents is 1. The molecule has 0 aliphatic carbocycles. The van der Waals surface area contributed by atoms with Crippen molar-refractivity contribution in [1.82, 2.24) is 0 Å². The van der Waals surface area contributed by atoms with Gasteiger partial charge in [-0.25, -0.2) is 0 Å². The van der Waals surface area contributed by atoms with Crippen LogP contribution in [-0.4, -0.2) is 10.2 Å². The number of hydrogen-bond donors (Lipinski definition) is 2. The smallest absolute Gasteiger partial charge is 0.282 e. The molecule has 1 aromatic carbocycles. The van der Waals surface area contributed by atoms with Gasteiger partial charge in [0.05, 0.1) is 0 Å². The largest absolute Gasteiger partial charge is 0.508 e. The van der Waals surface area contributed by atoms with Gasteiger partial charge in [0.15, 0.2) is 0 Å². The third-order valence-corrected chi connectivity index (χ3v) is 2.02. The molecule has 0 atom stereocenters. The molecule has 0 unspecified atom stereocenters. The molecule has 14 heavy (non-hydrogen) atoms. The van der Waals surface area contributed by atoms with Crippen LogP contribution in [0.25, 0.3) is 0 Å². The van der Waals surface area contributed by atoms with Gasteiger partial charge in [-0.2, -0.15) is 0 Å². The number of aliphatic hydroxyl groups excluding tert-OH is 1. The van der Waals surface area contributed by atoms with Crippen molar-refractivity contribution in [2.45, 2.75) is 6.42 Å². The number of allylic oxidation sites excluding steroid dienone is 3. The summed E-state index contributed by atoms with van der Waals surface area (Å²) in [5, 5.41) is 18.8. The van der Waals surface area contributed by atoms with E-state index in [4.69, 9.17) is 4.74 Å². The van der Waals surface area contributed by atoms with E-state index in [1.54, 1.807) is 24.3 Å². The molecule has 0 saturated heterocycles. The summed E-state index contributed by atoms with van der Waals surface area (Å²) < 4.78 is 5.12. The summed E-state index contributed by atoms with van der Waals surface area (Å²) in [6.45, 7) is 0. The quantitative estimate of drug-likeness (QED) is 0.659. The van der Waals surface area contributed by atoms with Crippen molar-refractivity contribution < 1.29 is 14.9 Å². The van der Waals surface area contributed by atoms with E-state index < -0.39 is 0 Å². The fourth-order valence-electron chi connectivity index (χ4n) is 1.34. The minimum absolute atomic E-state index is 0.173. The minimum atomic E-state index is -0.173. The minimum Gasteiger partial charge on any atom is -0.508 e. The van der Waals surface area contributed by atoms with Gasteiger partial charge in [-0.1, -0.05) is 18.2 Å². The molecule has 0 aromatic heterocycles. The van der Waals surface area contributed by atoms with E-state index in [1.807, 2.05) is 6.08 Å². The van der Waals surface area contributed by atoms with Gasteiger partial charge in [0, 0.05) is 11.6 Å². The molecular formula is C11H10O3. The first-order valence-corrected chi connectivity index (χ1v) is 4.32. The highest BCUT2D eigenvalue weighted by molar-refractivity contribution is 5.46. The van der Waals surface area contributed by atoms with Crippen LogP contribution in [-0.2, 0) is 6.42 Å². The standard InChI is InChI=1S/C11H10O3/c12-9-5-3-6-10-8(9)4-1-2-7-11(13)14-10/h1-3,5-7,12-13H,4H2/b2-1-,11-7-. The SMILES string of the molecule is O/C1=C/C=C\Cc2c(O)cccc2O1. The fourth-order valence-corrected chi connectivity index (χ4v) is 1.34. The van der Waals surface area contributed by atoms with Crippen molar-refractivity contribution in [3.05, 3.63) is 47.9 Å². The highest BCUT2D eigenvalue weighted by Gasteiger charge is 2.10. The third-order valence-electron chi connectivity index (χ3n) is 2.02. The Bertz CT molecular complexity index is 405. The third kappa shape index (κ3) is 1.57. The second-order valence-electron chi connectivity index (χ2n) is 2.99. The molecule has 2 rings (SSSR count). The van der Waals surface area contributed by atoms with Crippen molar-refractivity contribution in [2.75, 3.05) is 0 Å². The van der Waals surface area contributed by atoms with Crippen LogP contribution in [0, 0.1) is 0 Å². The summed E-state index contributed by atoms with van der Waals surface area (Å²) in [5.41, 5.74) is 0.684. The average Bonchev–Trinajstić information content (AvgIpc) is 2.12. The van der Waals surface area contributed by atoms with Gasteiger partial charge in [0.2, 0.25) is 0 Å². The Morgan fingerprint density at radius 2 is 2.07 bits per heavy atom. The van der Waals surface area contributed by atoms with E-state index in [0.29, 0.717) is 17.7 Å². The molecule has 0 spiro atoms. The van der Waals surface area contributed by atoms with Crippen LogP contribution < -0.4 is 4.74 Å². The first-order valence-electron chi connectivity index (χ1n) is 4.32. The Balaban J connectivity index is 2.49. The molecule has 0 bridgehead atoms. The molecule has 1 aromatic rings. The predicted molar refractivity (Wildman–Crippen MR) is 52.3 cm³/mol. The second kappa shape index (κ2) is 3.46. The lowest BCUT2D eigenvalue weighted by atomic mass is 10.1. The van der Waals surface area contributed by atoms with Crippen LogP contribution in [0.2, 0.25) is 0 Å². The number of phenols is 1. The highest BCUT2D eigenvalue weighted by atomic mass is 16.6. The zero-order valence-corrected chi connectivity index (χ0v) is 7.47. The van der Waals surface area contributed by atoms with E-state index in [1.165, 1.54) is 6.08 Å². The number of hydrogen-bond acceptors (Lipinski definition) is 3. The topological polar surface area (TPSA) is 49.7 Å². The van der Waals surface area contributed by atoms with Crippen LogP contribution in [0.15, 0.2) is 42.4 Å². The zero-order valence-electron chi connectivity index (χ0n) is 7.47. The summed E-state index contributed by atoms with van der Waals surface area (Å²) in [5.74, 6) is 0.498. The molecule has 1 aliphatic rings. The maximum atomic E-state index is 9.54. The van der Waals surface area contributed by atoms with Crippen LogP contribution in [0.3, 0.4) is 0 Å². The van der Waals surface area contributed by atoms with Gasteiger partial charge in [-0.05, 0) is 18.6 Å². The van der Waals surface area contributed by atoms with Crippen LogP contribution in [0.1, 0.15) is 5.56 Å². The van der Waals surface area contributed by atoms with Gasteiger partial charge < -0.3 is 14.9 Å². The normalized spacial score (nSPS) is 20.7. The molecule has 1 aliphatic heterocycles. The Morgan fingerprint density at radius 3 is 2.93 bits per heavy atom. The first-order chi connectivity index (χ1) is 6.77. The summed E-state index contributed by atoms with van der Waals surface area (Å²) in [4.78, 5) is 0. The maximum absolute atomic E-state index is 9.54. The molecule has 0 saturated carbocycles. The summed E-state index contributed by atoms with van der Waals surface area (Å²) in [6, 6.07) is 4.98. The molecule has 3 nitrogen and oxygen atoms in total. The van der Waals surface area contributed by atoms with E-state index in [9.17, 15) is 10.2 Å². The Kier molecular flexibility index (Phi) is 2.14. The van der Waals surface area contributed by atoms with Gasteiger partial charge in [0.25, 0.3) is 5.95 Å². The zero-order chi connectivity index (χ0) is 9.97. The summed E-state index contributed by atoms with van der Waals surface area (Å²) >= 11 is 0. The lowest BCUT2D eigenvalue weighted by Gasteiger charge is -2.11.